The van der Waals surface area contributed by atoms with Crippen molar-refractivity contribution in [1.29, 1.82) is 0 Å². The maximum absolute atomic E-state index is 5.80. The number of rotatable bonds is 3. The van der Waals surface area contributed by atoms with E-state index >= 15 is 0 Å². The second kappa shape index (κ2) is 3.95. The lowest BCUT2D eigenvalue weighted by atomic mass is 9.86. The molecule has 1 aromatic carbocycles. The molecule has 2 N–H and O–H groups in total. The first-order valence-corrected chi connectivity index (χ1v) is 5.76. The van der Waals surface area contributed by atoms with E-state index in [0.29, 0.717) is 0 Å². The summed E-state index contributed by atoms with van der Waals surface area (Å²) in [5, 5.41) is 1.35. The predicted octanol–water partition coefficient (Wildman–Crippen LogP) is 2.71. The van der Waals surface area contributed by atoms with Gasteiger partial charge in [0.05, 0.1) is 0 Å². The number of benzene rings is 1. The van der Waals surface area contributed by atoms with Crippen molar-refractivity contribution in [3.63, 3.8) is 0 Å². The minimum Gasteiger partial charge on any atom is -0.350 e. The summed E-state index contributed by atoms with van der Waals surface area (Å²) in [4.78, 5) is 0. The number of nitrogens with zero attached hydrogens (tertiary/aromatic N) is 1. The molecule has 2 nitrogen and oxygen atoms in total. The summed E-state index contributed by atoms with van der Waals surface area (Å²) in [6.07, 6.45) is 3.26. The van der Waals surface area contributed by atoms with Gasteiger partial charge >= 0.3 is 0 Å². The standard InChI is InChI=1S/C14H20N2/c1-14(2,10-15)8-11-9-16(3)13-7-5-4-6-12(11)13/h4-7,9H,8,10,15H2,1-3H3. The van der Waals surface area contributed by atoms with Crippen molar-refractivity contribution in [2.75, 3.05) is 6.54 Å². The van der Waals surface area contributed by atoms with Gasteiger partial charge in [-0.2, -0.15) is 0 Å². The fourth-order valence-electron chi connectivity index (χ4n) is 2.15. The SMILES string of the molecule is Cn1cc(CC(C)(C)CN)c2ccccc21. The molecule has 0 aliphatic carbocycles. The van der Waals surface area contributed by atoms with Crippen LogP contribution in [-0.4, -0.2) is 11.1 Å². The zero-order chi connectivity index (χ0) is 11.8. The van der Waals surface area contributed by atoms with E-state index in [9.17, 15) is 0 Å². The van der Waals surface area contributed by atoms with Gasteiger partial charge in [-0.05, 0) is 30.0 Å². The molecular formula is C14H20N2. The fourth-order valence-corrected chi connectivity index (χ4v) is 2.15. The van der Waals surface area contributed by atoms with Crippen molar-refractivity contribution in [2.45, 2.75) is 20.3 Å². The monoisotopic (exact) mass is 216 g/mol. The first kappa shape index (κ1) is 11.2. The normalized spacial score (nSPS) is 12.2. The van der Waals surface area contributed by atoms with E-state index in [2.05, 4.69) is 55.9 Å². The molecule has 0 unspecified atom stereocenters. The molecule has 0 aliphatic rings. The smallest absolute Gasteiger partial charge is 0.0480 e. The molecule has 0 aliphatic heterocycles. The molecule has 0 amide bonds. The van der Waals surface area contributed by atoms with Crippen LogP contribution in [0.1, 0.15) is 19.4 Å². The molecule has 0 bridgehead atoms. The van der Waals surface area contributed by atoms with Crippen LogP contribution < -0.4 is 5.73 Å². The van der Waals surface area contributed by atoms with Gasteiger partial charge in [0.2, 0.25) is 0 Å². The Balaban J connectivity index is 2.46. The quantitative estimate of drug-likeness (QED) is 0.840. The van der Waals surface area contributed by atoms with Gasteiger partial charge in [-0.25, -0.2) is 0 Å². The van der Waals surface area contributed by atoms with Crippen LogP contribution in [0.3, 0.4) is 0 Å². The molecule has 0 saturated carbocycles. The van der Waals surface area contributed by atoms with E-state index in [1.165, 1.54) is 16.5 Å². The fraction of sp³-hybridized carbons (Fsp3) is 0.429. The number of fused-ring (bicyclic) bond motifs is 1. The van der Waals surface area contributed by atoms with Crippen molar-refractivity contribution in [1.82, 2.24) is 4.57 Å². The Morgan fingerprint density at radius 2 is 1.94 bits per heavy atom. The second-order valence-corrected chi connectivity index (χ2v) is 5.33. The molecule has 0 spiro atoms. The Bertz CT molecular complexity index is 494. The van der Waals surface area contributed by atoms with Crippen LogP contribution >= 0.6 is 0 Å². The zero-order valence-electron chi connectivity index (χ0n) is 10.3. The third-order valence-corrected chi connectivity index (χ3v) is 3.20. The van der Waals surface area contributed by atoms with Crippen molar-refractivity contribution in [3.8, 4) is 0 Å². The molecule has 2 aromatic rings. The van der Waals surface area contributed by atoms with Gasteiger partial charge in [-0.1, -0.05) is 32.0 Å². The Morgan fingerprint density at radius 3 is 2.62 bits per heavy atom. The number of hydrogen-bond acceptors (Lipinski definition) is 1. The molecule has 0 radical (unpaired) electrons. The van der Waals surface area contributed by atoms with Crippen LogP contribution in [0, 0.1) is 5.41 Å². The summed E-state index contributed by atoms with van der Waals surface area (Å²) in [6, 6.07) is 8.53. The highest BCUT2D eigenvalue weighted by Crippen LogP contribution is 2.27. The lowest BCUT2D eigenvalue weighted by molar-refractivity contribution is 0.377. The maximum atomic E-state index is 5.80. The molecular weight excluding hydrogens is 196 g/mol. The van der Waals surface area contributed by atoms with E-state index in [-0.39, 0.29) is 5.41 Å². The van der Waals surface area contributed by atoms with E-state index in [0.717, 1.165) is 13.0 Å². The minimum absolute atomic E-state index is 0.171. The van der Waals surface area contributed by atoms with Gasteiger partial charge in [-0.3, -0.25) is 0 Å². The van der Waals surface area contributed by atoms with Crippen molar-refractivity contribution in [3.05, 3.63) is 36.0 Å². The highest BCUT2D eigenvalue weighted by atomic mass is 14.9. The summed E-state index contributed by atoms with van der Waals surface area (Å²) < 4.78 is 2.19. The molecule has 16 heavy (non-hydrogen) atoms. The second-order valence-electron chi connectivity index (χ2n) is 5.33. The number of nitrogens with two attached hydrogens (primary N) is 1. The molecule has 1 heterocycles. The average molecular weight is 216 g/mol. The molecule has 0 saturated heterocycles. The van der Waals surface area contributed by atoms with Gasteiger partial charge in [0, 0.05) is 24.1 Å². The summed E-state index contributed by atoms with van der Waals surface area (Å²) in [5.41, 5.74) is 8.66. The number of aryl methyl sites for hydroxylation is 1. The Labute approximate surface area is 97.1 Å². The predicted molar refractivity (Wildman–Crippen MR) is 69.5 cm³/mol. The largest absolute Gasteiger partial charge is 0.350 e. The highest BCUT2D eigenvalue weighted by molar-refractivity contribution is 5.83. The maximum Gasteiger partial charge on any atom is 0.0480 e. The summed E-state index contributed by atoms with van der Waals surface area (Å²) >= 11 is 0. The van der Waals surface area contributed by atoms with Gasteiger partial charge in [0.25, 0.3) is 0 Å². The zero-order valence-corrected chi connectivity index (χ0v) is 10.3. The first-order valence-electron chi connectivity index (χ1n) is 5.76. The lowest BCUT2D eigenvalue weighted by Gasteiger charge is -2.21. The third-order valence-electron chi connectivity index (χ3n) is 3.20. The van der Waals surface area contributed by atoms with Gasteiger partial charge in [0.1, 0.15) is 0 Å². The number of para-hydroxylation sites is 1. The van der Waals surface area contributed by atoms with Crippen molar-refractivity contribution >= 4 is 10.9 Å². The van der Waals surface area contributed by atoms with Crippen LogP contribution in [0.5, 0.6) is 0 Å². The third kappa shape index (κ3) is 1.98. The Morgan fingerprint density at radius 1 is 1.25 bits per heavy atom. The van der Waals surface area contributed by atoms with E-state index in [1.807, 2.05) is 0 Å². The average Bonchev–Trinajstić information content (AvgIpc) is 2.56. The minimum atomic E-state index is 0.171. The Hall–Kier alpha value is -1.28. The summed E-state index contributed by atoms with van der Waals surface area (Å²) in [6.45, 7) is 5.15. The van der Waals surface area contributed by atoms with Crippen LogP contribution in [0.15, 0.2) is 30.5 Å². The van der Waals surface area contributed by atoms with E-state index in [1.54, 1.807) is 0 Å². The van der Waals surface area contributed by atoms with Gasteiger partial charge < -0.3 is 10.3 Å². The molecule has 2 heteroatoms. The Kier molecular flexibility index (Phi) is 2.76. The van der Waals surface area contributed by atoms with Crippen molar-refractivity contribution < 1.29 is 0 Å². The lowest BCUT2D eigenvalue weighted by Crippen LogP contribution is -2.25. The molecule has 1 aromatic heterocycles. The van der Waals surface area contributed by atoms with Crippen LogP contribution in [-0.2, 0) is 13.5 Å². The molecule has 2 rings (SSSR count). The summed E-state index contributed by atoms with van der Waals surface area (Å²) in [5.74, 6) is 0. The van der Waals surface area contributed by atoms with Gasteiger partial charge in [0.15, 0.2) is 0 Å². The van der Waals surface area contributed by atoms with Crippen LogP contribution in [0.25, 0.3) is 10.9 Å². The summed E-state index contributed by atoms with van der Waals surface area (Å²) in [7, 11) is 2.10. The van der Waals surface area contributed by atoms with Crippen molar-refractivity contribution in [2.24, 2.45) is 18.2 Å². The van der Waals surface area contributed by atoms with Crippen LogP contribution in [0.4, 0.5) is 0 Å². The van der Waals surface area contributed by atoms with E-state index < -0.39 is 0 Å². The topological polar surface area (TPSA) is 30.9 Å². The molecule has 86 valence electrons. The first-order chi connectivity index (χ1) is 7.53. The van der Waals surface area contributed by atoms with Crippen LogP contribution in [0.2, 0.25) is 0 Å². The highest BCUT2D eigenvalue weighted by Gasteiger charge is 2.18. The number of aromatic nitrogens is 1. The molecule has 0 fully saturated rings. The number of hydrogen-bond donors (Lipinski definition) is 1. The van der Waals surface area contributed by atoms with Gasteiger partial charge in [-0.15, -0.1) is 0 Å². The van der Waals surface area contributed by atoms with E-state index in [4.69, 9.17) is 5.73 Å². The molecule has 0 atom stereocenters.